The number of nitrogens with two attached hydrogens (primary N) is 1. The van der Waals surface area contributed by atoms with Gasteiger partial charge < -0.3 is 30.9 Å². The first-order valence-corrected chi connectivity index (χ1v) is 14.2. The van der Waals surface area contributed by atoms with Crippen LogP contribution in [0.2, 0.25) is 0 Å². The van der Waals surface area contributed by atoms with Gasteiger partial charge in [-0.05, 0) is 43.9 Å². The van der Waals surface area contributed by atoms with Crippen LogP contribution in [0.3, 0.4) is 0 Å². The molecule has 1 unspecified atom stereocenters. The van der Waals surface area contributed by atoms with Gasteiger partial charge in [-0.1, -0.05) is 37.8 Å². The highest BCUT2D eigenvalue weighted by atomic mass is 16.6. The monoisotopic (exact) mass is 558 g/mol. The SMILES string of the molecule is C[C@H](NC(=O)CN1CCOCC1)C(=O)NC(Cc1cccc(O)c1)(C(N)=O)[C@H](CC1CCCC1)C(=O)[C@@]1(C)CO1. The number of benzene rings is 1. The third kappa shape index (κ3) is 7.18. The van der Waals surface area contributed by atoms with E-state index in [1.165, 1.54) is 19.1 Å². The number of epoxide rings is 1. The predicted molar refractivity (Wildman–Crippen MR) is 146 cm³/mol. The van der Waals surface area contributed by atoms with Crippen LogP contribution in [-0.4, -0.2) is 90.1 Å². The van der Waals surface area contributed by atoms with Crippen LogP contribution in [0.15, 0.2) is 24.3 Å². The quantitative estimate of drug-likeness (QED) is 0.257. The van der Waals surface area contributed by atoms with Crippen molar-refractivity contribution < 1.29 is 33.8 Å². The Morgan fingerprint density at radius 3 is 2.48 bits per heavy atom. The third-order valence-electron chi connectivity index (χ3n) is 8.47. The molecule has 11 nitrogen and oxygen atoms in total. The molecule has 5 N–H and O–H groups in total. The van der Waals surface area contributed by atoms with Gasteiger partial charge in [-0.25, -0.2) is 0 Å². The van der Waals surface area contributed by atoms with E-state index in [9.17, 15) is 24.3 Å². The number of hydrogen-bond acceptors (Lipinski definition) is 8. The van der Waals surface area contributed by atoms with Gasteiger partial charge in [-0.2, -0.15) is 0 Å². The molecule has 220 valence electrons. The van der Waals surface area contributed by atoms with Crippen LogP contribution in [-0.2, 0) is 35.1 Å². The number of phenolic OH excluding ortho intramolecular Hbond substituents is 1. The number of carbonyl (C=O) groups is 4. The number of aromatic hydroxyl groups is 1. The molecule has 3 amide bonds. The molecular weight excluding hydrogens is 516 g/mol. The first-order chi connectivity index (χ1) is 19.0. The smallest absolute Gasteiger partial charge is 0.244 e. The lowest BCUT2D eigenvalue weighted by molar-refractivity contribution is -0.142. The van der Waals surface area contributed by atoms with Gasteiger partial charge >= 0.3 is 0 Å². The van der Waals surface area contributed by atoms with Crippen LogP contribution < -0.4 is 16.4 Å². The summed E-state index contributed by atoms with van der Waals surface area (Å²) in [6.07, 6.45) is 4.18. The lowest BCUT2D eigenvalue weighted by Crippen LogP contribution is -2.68. The molecule has 1 aliphatic carbocycles. The van der Waals surface area contributed by atoms with Crippen LogP contribution in [0, 0.1) is 11.8 Å². The average molecular weight is 559 g/mol. The van der Waals surface area contributed by atoms with E-state index in [1.54, 1.807) is 19.1 Å². The molecular formula is C29H42N4O7. The van der Waals surface area contributed by atoms with Crippen LogP contribution in [0.1, 0.15) is 51.5 Å². The maximum absolute atomic E-state index is 14.0. The van der Waals surface area contributed by atoms with Gasteiger partial charge in [0.2, 0.25) is 17.7 Å². The number of phenols is 1. The molecule has 2 heterocycles. The van der Waals surface area contributed by atoms with Crippen molar-refractivity contribution in [2.45, 2.75) is 69.6 Å². The van der Waals surface area contributed by atoms with Gasteiger partial charge in [0.15, 0.2) is 5.78 Å². The van der Waals surface area contributed by atoms with Crippen molar-refractivity contribution in [1.82, 2.24) is 15.5 Å². The van der Waals surface area contributed by atoms with E-state index < -0.39 is 34.9 Å². The molecule has 1 saturated carbocycles. The normalized spacial score (nSPS) is 24.4. The van der Waals surface area contributed by atoms with Gasteiger partial charge in [0.05, 0.1) is 32.3 Å². The Hall–Kier alpha value is -3.02. The molecule has 3 fully saturated rings. The van der Waals surface area contributed by atoms with Crippen molar-refractivity contribution in [2.24, 2.45) is 17.6 Å². The number of primary amides is 1. The number of nitrogens with zero attached hydrogens (tertiary/aromatic N) is 1. The molecule has 0 spiro atoms. The Morgan fingerprint density at radius 2 is 1.88 bits per heavy atom. The highest BCUT2D eigenvalue weighted by Crippen LogP contribution is 2.41. The number of carbonyl (C=O) groups excluding carboxylic acids is 4. The Labute approximate surface area is 235 Å². The van der Waals surface area contributed by atoms with E-state index in [2.05, 4.69) is 10.6 Å². The molecule has 4 rings (SSSR count). The summed E-state index contributed by atoms with van der Waals surface area (Å²) in [5, 5.41) is 15.7. The van der Waals surface area contributed by atoms with E-state index in [-0.39, 0.29) is 42.9 Å². The van der Waals surface area contributed by atoms with Gasteiger partial charge in [-0.3, -0.25) is 24.1 Å². The molecule has 1 aromatic rings. The summed E-state index contributed by atoms with van der Waals surface area (Å²) in [5.41, 5.74) is 3.78. The van der Waals surface area contributed by atoms with Crippen molar-refractivity contribution in [3.8, 4) is 5.75 Å². The van der Waals surface area contributed by atoms with Crippen LogP contribution >= 0.6 is 0 Å². The Kier molecular flexibility index (Phi) is 9.48. The van der Waals surface area contributed by atoms with E-state index in [0.717, 1.165) is 25.7 Å². The van der Waals surface area contributed by atoms with Crippen LogP contribution in [0.4, 0.5) is 0 Å². The minimum absolute atomic E-state index is 0.0119. The fraction of sp³-hybridized carbons (Fsp3) is 0.655. The van der Waals surface area contributed by atoms with Crippen molar-refractivity contribution in [3.63, 3.8) is 0 Å². The number of ketones is 1. The average Bonchev–Trinajstić information content (AvgIpc) is 3.45. The number of morpholine rings is 1. The van der Waals surface area contributed by atoms with E-state index >= 15 is 0 Å². The largest absolute Gasteiger partial charge is 0.508 e. The van der Waals surface area contributed by atoms with Gasteiger partial charge in [-0.15, -0.1) is 0 Å². The zero-order valence-corrected chi connectivity index (χ0v) is 23.4. The maximum Gasteiger partial charge on any atom is 0.244 e. The molecule has 2 saturated heterocycles. The number of ether oxygens (including phenoxy) is 2. The van der Waals surface area contributed by atoms with Crippen molar-refractivity contribution in [2.75, 3.05) is 39.5 Å². The number of amides is 3. The Balaban J connectivity index is 1.62. The highest BCUT2D eigenvalue weighted by Gasteiger charge is 2.58. The standard InChI is InChI=1S/C29H42N4O7/c1-19(31-24(35)17-33-10-12-39-13-11-33)26(37)32-29(27(30)38,16-21-8-5-9-22(34)14-21)23(15-20-6-3-4-7-20)25(36)28(2)18-40-28/h5,8-9,14,19-20,23,34H,3-4,6-7,10-13,15-18H2,1-2H3,(H2,30,38)(H,31,35)(H,32,37)/t19-,23+,28+,29?/m0/s1. The Bertz CT molecular complexity index is 1100. The predicted octanol–water partition coefficient (Wildman–Crippen LogP) is 0.666. The summed E-state index contributed by atoms with van der Waals surface area (Å²) in [6, 6.07) is 5.34. The second-order valence-corrected chi connectivity index (χ2v) is 11.7. The zero-order chi connectivity index (χ0) is 28.9. The fourth-order valence-electron chi connectivity index (χ4n) is 5.94. The van der Waals surface area contributed by atoms with Crippen LogP contribution in [0.5, 0.6) is 5.75 Å². The second kappa shape index (κ2) is 12.7. The zero-order valence-electron chi connectivity index (χ0n) is 23.4. The summed E-state index contributed by atoms with van der Waals surface area (Å²) in [6.45, 7) is 5.89. The molecule has 1 aromatic carbocycles. The number of Topliss-reactive ketones (excluding diaryl/α,β-unsaturated/α-hetero) is 1. The fourth-order valence-corrected chi connectivity index (χ4v) is 5.94. The lowest BCUT2D eigenvalue weighted by atomic mass is 9.69. The van der Waals surface area contributed by atoms with E-state index in [0.29, 0.717) is 38.3 Å². The molecule has 2 aliphatic heterocycles. The molecule has 0 aromatic heterocycles. The van der Waals surface area contributed by atoms with Gasteiger partial charge in [0.25, 0.3) is 0 Å². The van der Waals surface area contributed by atoms with Crippen molar-refractivity contribution in [3.05, 3.63) is 29.8 Å². The summed E-state index contributed by atoms with van der Waals surface area (Å²) in [5.74, 6) is -2.86. The number of hydrogen-bond donors (Lipinski definition) is 4. The number of rotatable bonds is 13. The van der Waals surface area contributed by atoms with Crippen molar-refractivity contribution in [1.29, 1.82) is 0 Å². The maximum atomic E-state index is 14.0. The van der Waals surface area contributed by atoms with Gasteiger partial charge in [0.1, 0.15) is 22.9 Å². The topological polar surface area (TPSA) is 164 Å². The van der Waals surface area contributed by atoms with E-state index in [1.807, 2.05) is 4.90 Å². The lowest BCUT2D eigenvalue weighted by Gasteiger charge is -2.40. The van der Waals surface area contributed by atoms with Crippen molar-refractivity contribution >= 4 is 23.5 Å². The molecule has 40 heavy (non-hydrogen) atoms. The van der Waals surface area contributed by atoms with Crippen LogP contribution in [0.25, 0.3) is 0 Å². The molecule has 0 radical (unpaired) electrons. The van der Waals surface area contributed by atoms with E-state index in [4.69, 9.17) is 15.2 Å². The minimum Gasteiger partial charge on any atom is -0.508 e. The summed E-state index contributed by atoms with van der Waals surface area (Å²) >= 11 is 0. The minimum atomic E-state index is -1.80. The highest BCUT2D eigenvalue weighted by molar-refractivity contribution is 6.01. The summed E-state index contributed by atoms with van der Waals surface area (Å²) in [4.78, 5) is 55.7. The van der Waals surface area contributed by atoms with Gasteiger partial charge in [0, 0.05) is 19.5 Å². The summed E-state index contributed by atoms with van der Waals surface area (Å²) < 4.78 is 10.8. The first kappa shape index (κ1) is 30.0. The number of nitrogens with one attached hydrogen (secondary N) is 2. The second-order valence-electron chi connectivity index (χ2n) is 11.7. The molecule has 11 heteroatoms. The third-order valence-corrected chi connectivity index (χ3v) is 8.47. The molecule has 0 bridgehead atoms. The molecule has 3 aliphatic rings. The summed E-state index contributed by atoms with van der Waals surface area (Å²) in [7, 11) is 0. The first-order valence-electron chi connectivity index (χ1n) is 14.2. The Morgan fingerprint density at radius 1 is 1.20 bits per heavy atom. The molecule has 4 atom stereocenters.